The number of benzene rings is 3. The van der Waals surface area contributed by atoms with E-state index in [2.05, 4.69) is 5.32 Å². The molecule has 0 aliphatic carbocycles. The minimum Gasteiger partial charge on any atom is -0.506 e. The largest absolute Gasteiger partial charge is 0.506 e. The summed E-state index contributed by atoms with van der Waals surface area (Å²) in [5.41, 5.74) is 5.87. The zero-order valence-corrected chi connectivity index (χ0v) is 15.0. The number of anilines is 1. The molecular weight excluding hydrogens is 360 g/mol. The Labute approximate surface area is 160 Å². The molecule has 0 aliphatic heterocycles. The van der Waals surface area contributed by atoms with E-state index in [1.807, 2.05) is 12.1 Å². The van der Waals surface area contributed by atoms with Crippen molar-refractivity contribution in [3.63, 3.8) is 0 Å². The van der Waals surface area contributed by atoms with Crippen LogP contribution in [-0.4, -0.2) is 29.0 Å². The van der Waals surface area contributed by atoms with E-state index in [9.17, 15) is 19.5 Å². The van der Waals surface area contributed by atoms with Gasteiger partial charge >= 0.3 is 5.97 Å². The first-order valence-corrected chi connectivity index (χ1v) is 8.49. The number of fused-ring (bicyclic) bond motifs is 1. The lowest BCUT2D eigenvalue weighted by atomic mass is 10.1. The highest BCUT2D eigenvalue weighted by molar-refractivity contribution is 6.03. The highest BCUT2D eigenvalue weighted by atomic mass is 16.5. The molecule has 7 nitrogen and oxygen atoms in total. The first-order chi connectivity index (χ1) is 13.4. The van der Waals surface area contributed by atoms with Gasteiger partial charge in [-0.2, -0.15) is 0 Å². The van der Waals surface area contributed by atoms with E-state index in [0.717, 1.165) is 5.39 Å². The van der Waals surface area contributed by atoms with Crippen LogP contribution in [0.1, 0.15) is 27.6 Å². The van der Waals surface area contributed by atoms with Crippen molar-refractivity contribution in [3.8, 4) is 5.75 Å². The fourth-order valence-electron chi connectivity index (χ4n) is 2.66. The van der Waals surface area contributed by atoms with Crippen molar-refractivity contribution in [3.05, 3.63) is 71.8 Å². The van der Waals surface area contributed by atoms with Gasteiger partial charge in [-0.15, -0.1) is 0 Å². The molecule has 0 aliphatic rings. The third kappa shape index (κ3) is 3.93. The minimum atomic E-state index is -1.10. The molecule has 2 amide bonds. The van der Waals surface area contributed by atoms with Gasteiger partial charge in [0.15, 0.2) is 6.10 Å². The number of rotatable bonds is 5. The Bertz CT molecular complexity index is 1060. The minimum absolute atomic E-state index is 0.0239. The molecule has 0 bridgehead atoms. The Hall–Kier alpha value is -3.87. The van der Waals surface area contributed by atoms with Crippen molar-refractivity contribution in [2.75, 3.05) is 5.32 Å². The number of carbonyl (C=O) groups is 3. The number of hydrogen-bond donors (Lipinski definition) is 3. The van der Waals surface area contributed by atoms with Crippen LogP contribution < -0.4 is 11.1 Å². The Morgan fingerprint density at radius 2 is 1.68 bits per heavy atom. The zero-order valence-electron chi connectivity index (χ0n) is 15.0. The van der Waals surface area contributed by atoms with Crippen molar-refractivity contribution in [1.82, 2.24) is 0 Å². The second-order valence-corrected chi connectivity index (χ2v) is 6.16. The first-order valence-electron chi connectivity index (χ1n) is 8.49. The first kappa shape index (κ1) is 18.9. The fourth-order valence-corrected chi connectivity index (χ4v) is 2.66. The van der Waals surface area contributed by atoms with Crippen molar-refractivity contribution in [1.29, 1.82) is 0 Å². The normalized spacial score (nSPS) is 11.6. The van der Waals surface area contributed by atoms with E-state index in [-0.39, 0.29) is 11.3 Å². The number of primary amides is 1. The molecule has 0 heterocycles. The highest BCUT2D eigenvalue weighted by Gasteiger charge is 2.22. The summed E-state index contributed by atoms with van der Waals surface area (Å²) >= 11 is 0. The molecule has 0 saturated heterocycles. The third-order valence-corrected chi connectivity index (χ3v) is 4.21. The van der Waals surface area contributed by atoms with E-state index < -0.39 is 23.9 Å². The van der Waals surface area contributed by atoms with Crippen LogP contribution in [-0.2, 0) is 9.53 Å². The predicted molar refractivity (Wildman–Crippen MR) is 104 cm³/mol. The number of esters is 1. The Balaban J connectivity index is 1.69. The number of phenols is 1. The van der Waals surface area contributed by atoms with Gasteiger partial charge in [0.1, 0.15) is 11.3 Å². The van der Waals surface area contributed by atoms with Gasteiger partial charge in [-0.1, -0.05) is 30.3 Å². The van der Waals surface area contributed by atoms with E-state index in [4.69, 9.17) is 10.5 Å². The molecule has 142 valence electrons. The van der Waals surface area contributed by atoms with Gasteiger partial charge in [-0.3, -0.25) is 9.59 Å². The average Bonchev–Trinajstić information content (AvgIpc) is 2.68. The summed E-state index contributed by atoms with van der Waals surface area (Å²) in [5, 5.41) is 14.2. The van der Waals surface area contributed by atoms with Gasteiger partial charge in [0.25, 0.3) is 5.91 Å². The molecule has 0 saturated carbocycles. The van der Waals surface area contributed by atoms with Crippen LogP contribution in [0.4, 0.5) is 5.69 Å². The van der Waals surface area contributed by atoms with Crippen molar-refractivity contribution in [2.45, 2.75) is 13.0 Å². The molecule has 0 aromatic heterocycles. The summed E-state index contributed by atoms with van der Waals surface area (Å²) < 4.78 is 5.18. The number of carbonyl (C=O) groups excluding carboxylic acids is 3. The zero-order chi connectivity index (χ0) is 20.3. The molecule has 3 aromatic carbocycles. The summed E-state index contributed by atoms with van der Waals surface area (Å²) in [6.07, 6.45) is -1.10. The van der Waals surface area contributed by atoms with Crippen LogP contribution >= 0.6 is 0 Å². The van der Waals surface area contributed by atoms with Crippen molar-refractivity contribution in [2.24, 2.45) is 5.73 Å². The smallest absolute Gasteiger partial charge is 0.342 e. The molecule has 28 heavy (non-hydrogen) atoms. The fraction of sp³-hybridized carbons (Fsp3) is 0.0952. The topological polar surface area (TPSA) is 119 Å². The number of phenolic OH excluding ortho intramolecular Hbond substituents is 1. The number of nitrogens with one attached hydrogen (secondary N) is 1. The molecule has 0 spiro atoms. The molecule has 4 N–H and O–H groups in total. The van der Waals surface area contributed by atoms with Gasteiger partial charge in [0.05, 0.1) is 0 Å². The summed E-state index contributed by atoms with van der Waals surface area (Å²) in [6, 6.07) is 16.2. The second kappa shape index (κ2) is 7.79. The molecule has 7 heteroatoms. The van der Waals surface area contributed by atoms with Crippen LogP contribution in [0.5, 0.6) is 5.75 Å². The van der Waals surface area contributed by atoms with Gasteiger partial charge in [0, 0.05) is 16.6 Å². The summed E-state index contributed by atoms with van der Waals surface area (Å²) in [5.74, 6) is -2.14. The maximum atomic E-state index is 12.4. The van der Waals surface area contributed by atoms with Gasteiger partial charge < -0.3 is 20.9 Å². The summed E-state index contributed by atoms with van der Waals surface area (Å²) in [6.45, 7) is 1.42. The van der Waals surface area contributed by atoms with Crippen LogP contribution in [0, 0.1) is 0 Å². The quantitative estimate of drug-likeness (QED) is 0.590. The van der Waals surface area contributed by atoms with E-state index in [1.165, 1.54) is 37.3 Å². The van der Waals surface area contributed by atoms with Crippen LogP contribution in [0.3, 0.4) is 0 Å². The molecule has 3 aromatic rings. The van der Waals surface area contributed by atoms with Crippen molar-refractivity contribution >= 4 is 34.2 Å². The lowest BCUT2D eigenvalue weighted by Crippen LogP contribution is -2.30. The molecular formula is C21H18N2O5. The van der Waals surface area contributed by atoms with E-state index in [1.54, 1.807) is 18.2 Å². The monoisotopic (exact) mass is 378 g/mol. The van der Waals surface area contributed by atoms with Crippen LogP contribution in [0.2, 0.25) is 0 Å². The van der Waals surface area contributed by atoms with E-state index in [0.29, 0.717) is 16.6 Å². The SMILES string of the molecule is C[C@@H](OC(=O)c1ccc2ccccc2c1O)C(=O)Nc1ccc(C(N)=O)cc1. The van der Waals surface area contributed by atoms with Crippen LogP contribution in [0.15, 0.2) is 60.7 Å². The number of aromatic hydroxyl groups is 1. The predicted octanol–water partition coefficient (Wildman–Crippen LogP) is 2.83. The third-order valence-electron chi connectivity index (χ3n) is 4.21. The van der Waals surface area contributed by atoms with Gasteiger partial charge in [-0.05, 0) is 42.6 Å². The molecule has 3 rings (SSSR count). The number of nitrogens with two attached hydrogens (primary N) is 1. The lowest BCUT2D eigenvalue weighted by molar-refractivity contribution is -0.123. The summed E-state index contributed by atoms with van der Waals surface area (Å²) in [4.78, 5) is 35.7. The maximum Gasteiger partial charge on any atom is 0.342 e. The Morgan fingerprint density at radius 3 is 2.36 bits per heavy atom. The Kier molecular flexibility index (Phi) is 5.26. The molecule has 0 fully saturated rings. The summed E-state index contributed by atoms with van der Waals surface area (Å²) in [7, 11) is 0. The Morgan fingerprint density at radius 1 is 1.00 bits per heavy atom. The van der Waals surface area contributed by atoms with Crippen LogP contribution in [0.25, 0.3) is 10.8 Å². The number of hydrogen-bond acceptors (Lipinski definition) is 5. The number of amides is 2. The van der Waals surface area contributed by atoms with Gasteiger partial charge in [-0.25, -0.2) is 4.79 Å². The van der Waals surface area contributed by atoms with Gasteiger partial charge in [0.2, 0.25) is 5.91 Å². The average molecular weight is 378 g/mol. The highest BCUT2D eigenvalue weighted by Crippen LogP contribution is 2.29. The second-order valence-electron chi connectivity index (χ2n) is 6.16. The van der Waals surface area contributed by atoms with Crippen molar-refractivity contribution < 1.29 is 24.2 Å². The molecule has 0 radical (unpaired) electrons. The molecule has 0 unspecified atom stereocenters. The molecule has 1 atom stereocenters. The lowest BCUT2D eigenvalue weighted by Gasteiger charge is -2.14. The standard InChI is InChI=1S/C21H18N2O5/c1-12(20(26)23-15-9-6-14(7-10-15)19(22)25)28-21(27)17-11-8-13-4-2-3-5-16(13)18(17)24/h2-12,24H,1H3,(H2,22,25)(H,23,26)/t12-/m1/s1. The van der Waals surface area contributed by atoms with E-state index >= 15 is 0 Å². The number of ether oxygens (including phenoxy) is 1. The maximum absolute atomic E-state index is 12.4.